The van der Waals surface area contributed by atoms with Crippen LogP contribution in [0.25, 0.3) is 0 Å². The van der Waals surface area contributed by atoms with Crippen molar-refractivity contribution in [3.63, 3.8) is 0 Å². The first-order chi connectivity index (χ1) is 42.7. The fraction of sp³-hybridized carbons (Fsp3) is 0.943. The summed E-state index contributed by atoms with van der Waals surface area (Å²) >= 11 is 0. The molecule has 0 aliphatic carbocycles. The lowest BCUT2D eigenvalue weighted by atomic mass is 9.99. The maximum atomic E-state index is 13.0. The van der Waals surface area contributed by atoms with Gasteiger partial charge in [0.05, 0.1) is 26.4 Å². The molecule has 0 aliphatic rings. The van der Waals surface area contributed by atoms with Gasteiger partial charge in [0.2, 0.25) is 0 Å². The van der Waals surface area contributed by atoms with Gasteiger partial charge >= 0.3 is 39.5 Å². The summed E-state index contributed by atoms with van der Waals surface area (Å²) in [6, 6.07) is 0. The molecule has 0 saturated heterocycles. The number of ether oxygens (including phenoxy) is 4. The zero-order valence-corrected chi connectivity index (χ0v) is 59.8. The van der Waals surface area contributed by atoms with Crippen LogP contribution < -0.4 is 0 Å². The highest BCUT2D eigenvalue weighted by molar-refractivity contribution is 7.47. The van der Waals surface area contributed by atoms with E-state index in [1.165, 1.54) is 135 Å². The second-order valence-corrected chi connectivity index (χ2v) is 29.6. The molecule has 3 N–H and O–H groups in total. The lowest BCUT2D eigenvalue weighted by Gasteiger charge is -2.21. The molecule has 0 radical (unpaired) electrons. The Kier molecular flexibility index (Phi) is 58.5. The van der Waals surface area contributed by atoms with Gasteiger partial charge in [-0.05, 0) is 49.4 Å². The van der Waals surface area contributed by atoms with Gasteiger partial charge in [0.15, 0.2) is 12.2 Å². The highest BCUT2D eigenvalue weighted by atomic mass is 31.2. The molecule has 17 nitrogen and oxygen atoms in total. The van der Waals surface area contributed by atoms with Gasteiger partial charge in [0.25, 0.3) is 0 Å². The van der Waals surface area contributed by atoms with E-state index in [1.807, 2.05) is 0 Å². The largest absolute Gasteiger partial charge is 0.472 e. The minimum atomic E-state index is -4.95. The van der Waals surface area contributed by atoms with E-state index in [-0.39, 0.29) is 25.7 Å². The summed E-state index contributed by atoms with van der Waals surface area (Å²) in [6.07, 6.45) is 41.7. The van der Waals surface area contributed by atoms with Gasteiger partial charge in [0, 0.05) is 25.7 Å². The standard InChI is InChI=1S/C70H136O17P2/c1-9-62(7)48-40-32-24-18-15-16-20-26-37-45-53-70(75)87-66(57-81-68(73)51-43-35-29-28-33-41-49-63(8)10-2)59-85-89(78,79)83-55-64(71)54-82-88(76,77)84-58-65(56-80-67(72)50-42-34-27-21-23-31-39-47-61(5)6)86-69(74)52-44-36-25-19-14-12-11-13-17-22-30-38-46-60(3)4/h60-66,71H,9-59H2,1-8H3,(H,76,77)(H,78,79)/t62?,63?,64?,65-,66-/m1/s1. The van der Waals surface area contributed by atoms with E-state index in [2.05, 4.69) is 55.4 Å². The number of aliphatic hydroxyl groups is 1. The summed E-state index contributed by atoms with van der Waals surface area (Å²) < 4.78 is 68.3. The predicted octanol–water partition coefficient (Wildman–Crippen LogP) is 19.7. The molecule has 0 fully saturated rings. The first-order valence-corrected chi connectivity index (χ1v) is 39.3. The van der Waals surface area contributed by atoms with E-state index in [0.29, 0.717) is 31.6 Å². The number of rotatable bonds is 67. The Morgan fingerprint density at radius 3 is 0.798 bits per heavy atom. The van der Waals surface area contributed by atoms with Crippen LogP contribution in [0.15, 0.2) is 0 Å². The summed E-state index contributed by atoms with van der Waals surface area (Å²) in [4.78, 5) is 72.5. The van der Waals surface area contributed by atoms with Crippen LogP contribution in [-0.2, 0) is 65.4 Å². The van der Waals surface area contributed by atoms with E-state index in [4.69, 9.17) is 37.0 Å². The van der Waals surface area contributed by atoms with Crippen LogP contribution in [0.5, 0.6) is 0 Å². The highest BCUT2D eigenvalue weighted by Gasteiger charge is 2.30. The molecule has 0 bridgehead atoms. The summed E-state index contributed by atoms with van der Waals surface area (Å²) in [5.74, 6) is 0.885. The van der Waals surface area contributed by atoms with Crippen molar-refractivity contribution < 1.29 is 80.2 Å². The molecule has 19 heteroatoms. The van der Waals surface area contributed by atoms with Crippen LogP contribution in [0.4, 0.5) is 0 Å². The van der Waals surface area contributed by atoms with Crippen LogP contribution >= 0.6 is 15.6 Å². The molecule has 528 valence electrons. The highest BCUT2D eigenvalue weighted by Crippen LogP contribution is 2.45. The van der Waals surface area contributed by atoms with E-state index in [0.717, 1.165) is 120 Å². The fourth-order valence-corrected chi connectivity index (χ4v) is 12.0. The van der Waals surface area contributed by atoms with Crippen molar-refractivity contribution >= 4 is 39.5 Å². The Morgan fingerprint density at radius 2 is 0.539 bits per heavy atom. The van der Waals surface area contributed by atoms with E-state index in [1.54, 1.807) is 0 Å². The van der Waals surface area contributed by atoms with E-state index in [9.17, 15) is 43.2 Å². The summed E-state index contributed by atoms with van der Waals surface area (Å²) in [5, 5.41) is 10.6. The number of aliphatic hydroxyl groups excluding tert-OH is 1. The Balaban J connectivity index is 5.26. The molecule has 0 aromatic carbocycles. The number of phosphoric acid groups is 2. The average Bonchev–Trinajstić information content (AvgIpc) is 3.70. The van der Waals surface area contributed by atoms with Crippen LogP contribution in [0.3, 0.4) is 0 Å². The van der Waals surface area contributed by atoms with Crippen molar-refractivity contribution in [1.82, 2.24) is 0 Å². The van der Waals surface area contributed by atoms with Crippen molar-refractivity contribution in [2.75, 3.05) is 39.6 Å². The van der Waals surface area contributed by atoms with Gasteiger partial charge in [-0.1, -0.05) is 293 Å². The molecular weight excluding hydrogens is 1170 g/mol. The van der Waals surface area contributed by atoms with Crippen LogP contribution in [-0.4, -0.2) is 96.7 Å². The van der Waals surface area contributed by atoms with Crippen molar-refractivity contribution in [2.45, 2.75) is 363 Å². The molecule has 0 aromatic rings. The summed E-state index contributed by atoms with van der Waals surface area (Å²) in [6.45, 7) is 14.1. The summed E-state index contributed by atoms with van der Waals surface area (Å²) in [7, 11) is -9.90. The molecule has 0 aliphatic heterocycles. The quantitative estimate of drug-likeness (QED) is 0.0222. The minimum absolute atomic E-state index is 0.105. The molecule has 0 saturated carbocycles. The predicted molar refractivity (Wildman–Crippen MR) is 358 cm³/mol. The average molecular weight is 1310 g/mol. The normalized spacial score (nSPS) is 14.9. The van der Waals surface area contributed by atoms with E-state index >= 15 is 0 Å². The Bertz CT molecular complexity index is 1770. The molecule has 89 heavy (non-hydrogen) atoms. The van der Waals surface area contributed by atoms with Gasteiger partial charge in [-0.15, -0.1) is 0 Å². The lowest BCUT2D eigenvalue weighted by Crippen LogP contribution is -2.30. The third-order valence-electron chi connectivity index (χ3n) is 16.8. The van der Waals surface area contributed by atoms with Crippen molar-refractivity contribution in [1.29, 1.82) is 0 Å². The molecule has 5 unspecified atom stereocenters. The molecule has 0 spiro atoms. The zero-order valence-electron chi connectivity index (χ0n) is 58.1. The first kappa shape index (κ1) is 87.1. The number of phosphoric ester groups is 2. The van der Waals surface area contributed by atoms with Crippen molar-refractivity contribution in [3.8, 4) is 0 Å². The molecule has 7 atom stereocenters. The number of carbonyl (C=O) groups is 4. The SMILES string of the molecule is CCC(C)CCCCCCCCCCCCC(=O)O[C@H](COC(=O)CCCCCCCCC(C)CC)COP(=O)(O)OCC(O)COP(=O)(O)OC[C@@H](COC(=O)CCCCCCCCCC(C)C)OC(=O)CCCCCCCCCCCCCCC(C)C. The Labute approximate surface area is 543 Å². The number of hydrogen-bond donors (Lipinski definition) is 3. The van der Waals surface area contributed by atoms with Gasteiger partial charge in [0.1, 0.15) is 19.3 Å². The maximum Gasteiger partial charge on any atom is 0.472 e. The Morgan fingerprint density at radius 1 is 0.315 bits per heavy atom. The summed E-state index contributed by atoms with van der Waals surface area (Å²) in [5.41, 5.74) is 0. The number of carbonyl (C=O) groups excluding carboxylic acids is 4. The number of unbranched alkanes of at least 4 members (excludes halogenated alkanes) is 31. The molecule has 0 aromatic heterocycles. The zero-order chi connectivity index (χ0) is 66.1. The lowest BCUT2D eigenvalue weighted by molar-refractivity contribution is -0.161. The van der Waals surface area contributed by atoms with Gasteiger partial charge < -0.3 is 33.8 Å². The number of hydrogen-bond acceptors (Lipinski definition) is 15. The minimum Gasteiger partial charge on any atom is -0.462 e. The molecule has 0 amide bonds. The second-order valence-electron chi connectivity index (χ2n) is 26.7. The molecule has 0 rings (SSSR count). The van der Waals surface area contributed by atoms with Gasteiger partial charge in [-0.25, -0.2) is 9.13 Å². The van der Waals surface area contributed by atoms with Crippen LogP contribution in [0, 0.1) is 23.7 Å². The van der Waals surface area contributed by atoms with Crippen molar-refractivity contribution in [3.05, 3.63) is 0 Å². The topological polar surface area (TPSA) is 237 Å². The van der Waals surface area contributed by atoms with E-state index < -0.39 is 97.5 Å². The molecule has 0 heterocycles. The third-order valence-corrected chi connectivity index (χ3v) is 18.7. The monoisotopic (exact) mass is 1310 g/mol. The van der Waals surface area contributed by atoms with Crippen molar-refractivity contribution in [2.24, 2.45) is 23.7 Å². The number of esters is 4. The first-order valence-electron chi connectivity index (χ1n) is 36.3. The third kappa shape index (κ3) is 62.0. The van der Waals surface area contributed by atoms with Crippen LogP contribution in [0.1, 0.15) is 344 Å². The smallest absolute Gasteiger partial charge is 0.462 e. The molecular formula is C70H136O17P2. The maximum absolute atomic E-state index is 13.0. The Hall–Kier alpha value is -1.94. The van der Waals surface area contributed by atoms with Gasteiger partial charge in [-0.3, -0.25) is 37.3 Å². The fourth-order valence-electron chi connectivity index (χ4n) is 10.4. The second kappa shape index (κ2) is 59.8. The van der Waals surface area contributed by atoms with Gasteiger partial charge in [-0.2, -0.15) is 0 Å². The van der Waals surface area contributed by atoms with Crippen LogP contribution in [0.2, 0.25) is 0 Å².